The lowest BCUT2D eigenvalue weighted by Gasteiger charge is -2.31. The van der Waals surface area contributed by atoms with Crippen molar-refractivity contribution in [1.29, 1.82) is 0 Å². The van der Waals surface area contributed by atoms with E-state index in [2.05, 4.69) is 5.32 Å². The lowest BCUT2D eigenvalue weighted by Crippen LogP contribution is -2.50. The second kappa shape index (κ2) is 3.42. The van der Waals surface area contributed by atoms with E-state index in [1.807, 2.05) is 0 Å². The van der Waals surface area contributed by atoms with E-state index in [9.17, 15) is 9.59 Å². The summed E-state index contributed by atoms with van der Waals surface area (Å²) in [5.41, 5.74) is 0. The Labute approximate surface area is 70.4 Å². The van der Waals surface area contributed by atoms with Gasteiger partial charge in [0, 0.05) is 19.6 Å². The van der Waals surface area contributed by atoms with Crippen LogP contribution in [0.25, 0.3) is 0 Å². The summed E-state index contributed by atoms with van der Waals surface area (Å²) < 4.78 is 0. The van der Waals surface area contributed by atoms with Gasteiger partial charge in [-0.15, -0.1) is 0 Å². The Kier molecular flexibility index (Phi) is 2.52. The van der Waals surface area contributed by atoms with Gasteiger partial charge < -0.3 is 15.3 Å². The van der Waals surface area contributed by atoms with E-state index in [1.54, 1.807) is 7.05 Å². The van der Waals surface area contributed by atoms with Crippen LogP contribution in [-0.2, 0) is 4.79 Å². The molecule has 0 aliphatic carbocycles. The normalized spacial score (nSPS) is 23.6. The smallest absolute Gasteiger partial charge is 0.317 e. The zero-order valence-electron chi connectivity index (χ0n) is 6.91. The molecule has 5 nitrogen and oxygen atoms in total. The van der Waals surface area contributed by atoms with E-state index in [0.29, 0.717) is 13.0 Å². The monoisotopic (exact) mass is 172 g/mol. The molecule has 2 N–H and O–H groups in total. The fourth-order valence-corrected chi connectivity index (χ4v) is 1.27. The van der Waals surface area contributed by atoms with Gasteiger partial charge in [-0.2, -0.15) is 0 Å². The number of amides is 2. The highest BCUT2D eigenvalue weighted by Gasteiger charge is 2.25. The highest BCUT2D eigenvalue weighted by Crippen LogP contribution is 2.10. The number of carbonyl (C=O) groups excluding carboxylic acids is 1. The molecule has 0 aromatic carbocycles. The van der Waals surface area contributed by atoms with Crippen molar-refractivity contribution in [3.05, 3.63) is 0 Å². The number of nitrogens with one attached hydrogen (secondary N) is 1. The average Bonchev–Trinajstić information content (AvgIpc) is 1.98. The summed E-state index contributed by atoms with van der Waals surface area (Å²) in [5.74, 6) is -0.860. The lowest BCUT2D eigenvalue weighted by atomic mass is 10.1. The number of nitrogens with zero attached hydrogens (tertiary/aromatic N) is 1. The van der Waals surface area contributed by atoms with E-state index in [4.69, 9.17) is 5.11 Å². The number of carboxylic acids is 1. The molecule has 0 radical (unpaired) electrons. The predicted molar refractivity (Wildman–Crippen MR) is 41.8 cm³/mol. The molecule has 1 heterocycles. The summed E-state index contributed by atoms with van der Waals surface area (Å²) in [4.78, 5) is 22.8. The minimum Gasteiger partial charge on any atom is -0.481 e. The van der Waals surface area contributed by atoms with Crippen molar-refractivity contribution in [2.24, 2.45) is 0 Å². The molecule has 1 saturated heterocycles. The Bertz CT molecular complexity index is 205. The first-order valence-corrected chi connectivity index (χ1v) is 3.83. The fraction of sp³-hybridized carbons (Fsp3) is 0.714. The number of aliphatic carboxylic acids is 1. The Hall–Kier alpha value is -1.26. The van der Waals surface area contributed by atoms with Crippen LogP contribution in [-0.4, -0.2) is 41.6 Å². The van der Waals surface area contributed by atoms with E-state index in [-0.39, 0.29) is 18.5 Å². The quantitative estimate of drug-likeness (QED) is 0.609. The molecule has 0 aromatic rings. The van der Waals surface area contributed by atoms with Crippen LogP contribution in [0.3, 0.4) is 0 Å². The summed E-state index contributed by atoms with van der Waals surface area (Å²) in [6.07, 6.45) is 0.735. The molecule has 1 atom stereocenters. The SMILES string of the molecule is CN1C(=O)NCCC1CC(=O)O. The summed E-state index contributed by atoms with van der Waals surface area (Å²) >= 11 is 0. The molecule has 5 heteroatoms. The number of carbonyl (C=O) groups is 2. The second-order valence-electron chi connectivity index (χ2n) is 2.88. The molecule has 0 bridgehead atoms. The molecule has 1 unspecified atom stereocenters. The topological polar surface area (TPSA) is 69.6 Å². The van der Waals surface area contributed by atoms with Gasteiger partial charge in [0.2, 0.25) is 0 Å². The molecule has 68 valence electrons. The molecule has 1 rings (SSSR count). The maximum atomic E-state index is 11.0. The summed E-state index contributed by atoms with van der Waals surface area (Å²) in [6.45, 7) is 0.571. The summed E-state index contributed by atoms with van der Waals surface area (Å²) in [6, 6.07) is -0.344. The third-order valence-corrected chi connectivity index (χ3v) is 2.03. The average molecular weight is 172 g/mol. The molecular weight excluding hydrogens is 160 g/mol. The molecule has 0 aromatic heterocycles. The summed E-state index contributed by atoms with van der Waals surface area (Å²) in [5, 5.41) is 11.1. The van der Waals surface area contributed by atoms with Gasteiger partial charge in [0.15, 0.2) is 0 Å². The Balaban J connectivity index is 2.52. The van der Waals surface area contributed by atoms with Gasteiger partial charge in [-0.25, -0.2) is 4.79 Å². The van der Waals surface area contributed by atoms with Gasteiger partial charge in [0.1, 0.15) is 0 Å². The second-order valence-corrected chi connectivity index (χ2v) is 2.88. The first-order chi connectivity index (χ1) is 5.61. The van der Waals surface area contributed by atoms with E-state index >= 15 is 0 Å². The van der Waals surface area contributed by atoms with Crippen LogP contribution >= 0.6 is 0 Å². The molecule has 0 spiro atoms. The standard InChI is InChI=1S/C7H12N2O3/c1-9-5(4-6(10)11)2-3-8-7(9)12/h5H,2-4H2,1H3,(H,8,12)(H,10,11). The Morgan fingerprint density at radius 3 is 3.08 bits per heavy atom. The maximum Gasteiger partial charge on any atom is 0.317 e. The van der Waals surface area contributed by atoms with Gasteiger partial charge >= 0.3 is 12.0 Å². The highest BCUT2D eigenvalue weighted by molar-refractivity contribution is 5.76. The van der Waals surface area contributed by atoms with Crippen LogP contribution in [0.1, 0.15) is 12.8 Å². The summed E-state index contributed by atoms with van der Waals surface area (Å²) in [7, 11) is 1.61. The molecule has 1 aliphatic rings. The zero-order valence-corrected chi connectivity index (χ0v) is 6.91. The first-order valence-electron chi connectivity index (χ1n) is 3.83. The van der Waals surface area contributed by atoms with Crippen LogP contribution in [0, 0.1) is 0 Å². The minimum absolute atomic E-state index is 0.0317. The first kappa shape index (κ1) is 8.83. The van der Waals surface area contributed by atoms with Gasteiger partial charge in [-0.05, 0) is 6.42 Å². The van der Waals surface area contributed by atoms with E-state index in [1.165, 1.54) is 4.90 Å². The van der Waals surface area contributed by atoms with Crippen molar-refractivity contribution in [2.45, 2.75) is 18.9 Å². The zero-order chi connectivity index (χ0) is 9.14. The maximum absolute atomic E-state index is 11.0. The fourth-order valence-electron chi connectivity index (χ4n) is 1.27. The molecule has 12 heavy (non-hydrogen) atoms. The lowest BCUT2D eigenvalue weighted by molar-refractivity contribution is -0.138. The van der Waals surface area contributed by atoms with Gasteiger partial charge in [0.05, 0.1) is 6.42 Å². The van der Waals surface area contributed by atoms with Crippen molar-refractivity contribution in [3.8, 4) is 0 Å². The molecule has 1 fully saturated rings. The number of hydrogen-bond donors (Lipinski definition) is 2. The van der Waals surface area contributed by atoms with Crippen LogP contribution in [0.4, 0.5) is 4.79 Å². The Morgan fingerprint density at radius 2 is 2.50 bits per heavy atom. The van der Waals surface area contributed by atoms with E-state index < -0.39 is 5.97 Å². The number of rotatable bonds is 2. The van der Waals surface area contributed by atoms with Gasteiger partial charge in [-0.1, -0.05) is 0 Å². The number of hydrogen-bond acceptors (Lipinski definition) is 2. The van der Waals surface area contributed by atoms with Crippen molar-refractivity contribution in [2.75, 3.05) is 13.6 Å². The van der Waals surface area contributed by atoms with Crippen molar-refractivity contribution >= 4 is 12.0 Å². The van der Waals surface area contributed by atoms with Crippen LogP contribution in [0.15, 0.2) is 0 Å². The van der Waals surface area contributed by atoms with Crippen molar-refractivity contribution < 1.29 is 14.7 Å². The minimum atomic E-state index is -0.860. The molecule has 1 aliphatic heterocycles. The third kappa shape index (κ3) is 1.87. The van der Waals surface area contributed by atoms with Gasteiger partial charge in [0.25, 0.3) is 0 Å². The molecule has 0 saturated carbocycles. The van der Waals surface area contributed by atoms with Crippen LogP contribution in [0.2, 0.25) is 0 Å². The largest absolute Gasteiger partial charge is 0.481 e. The Morgan fingerprint density at radius 1 is 1.83 bits per heavy atom. The highest BCUT2D eigenvalue weighted by atomic mass is 16.4. The molecular formula is C7H12N2O3. The number of urea groups is 1. The van der Waals surface area contributed by atoms with Crippen LogP contribution in [0.5, 0.6) is 0 Å². The molecule has 2 amide bonds. The predicted octanol–water partition coefficient (Wildman–Crippen LogP) is -0.125. The van der Waals surface area contributed by atoms with Crippen molar-refractivity contribution in [1.82, 2.24) is 10.2 Å². The van der Waals surface area contributed by atoms with Crippen LogP contribution < -0.4 is 5.32 Å². The third-order valence-electron chi connectivity index (χ3n) is 2.03. The van der Waals surface area contributed by atoms with Gasteiger partial charge in [-0.3, -0.25) is 4.79 Å². The van der Waals surface area contributed by atoms with E-state index in [0.717, 1.165) is 0 Å². The van der Waals surface area contributed by atoms with Crippen molar-refractivity contribution in [3.63, 3.8) is 0 Å². The number of carboxylic acid groups (broad SMARTS) is 1.